The SMILES string of the molecule is Cc1ccc(CC(=O)N(C)CCN2CCOCC2)cc1. The normalized spacial score (nSPS) is 16.1. The number of aryl methyl sites for hydroxylation is 1. The van der Waals surface area contributed by atoms with Gasteiger partial charge >= 0.3 is 0 Å². The van der Waals surface area contributed by atoms with E-state index in [0.29, 0.717) is 6.42 Å². The lowest BCUT2D eigenvalue weighted by molar-refractivity contribution is -0.129. The summed E-state index contributed by atoms with van der Waals surface area (Å²) in [5, 5.41) is 0. The summed E-state index contributed by atoms with van der Waals surface area (Å²) in [4.78, 5) is 16.3. The standard InChI is InChI=1S/C16H24N2O2/c1-14-3-5-15(6-4-14)13-16(19)17(2)7-8-18-9-11-20-12-10-18/h3-6H,7-13H2,1-2H3. The minimum atomic E-state index is 0.183. The first-order valence-corrected chi connectivity index (χ1v) is 7.25. The fourth-order valence-corrected chi connectivity index (χ4v) is 2.26. The number of hydrogen-bond donors (Lipinski definition) is 0. The Morgan fingerprint density at radius 3 is 2.55 bits per heavy atom. The molecule has 4 heteroatoms. The zero-order valence-electron chi connectivity index (χ0n) is 12.5. The van der Waals surface area contributed by atoms with Crippen molar-refractivity contribution in [2.75, 3.05) is 46.4 Å². The first-order chi connectivity index (χ1) is 9.65. The lowest BCUT2D eigenvalue weighted by atomic mass is 10.1. The van der Waals surface area contributed by atoms with Crippen LogP contribution in [0.15, 0.2) is 24.3 Å². The van der Waals surface area contributed by atoms with Crippen LogP contribution in [0, 0.1) is 6.92 Å². The number of rotatable bonds is 5. The van der Waals surface area contributed by atoms with Crippen molar-refractivity contribution < 1.29 is 9.53 Å². The number of ether oxygens (including phenoxy) is 1. The van der Waals surface area contributed by atoms with E-state index in [1.54, 1.807) is 0 Å². The molecule has 0 unspecified atom stereocenters. The Morgan fingerprint density at radius 1 is 1.25 bits per heavy atom. The molecule has 2 rings (SSSR count). The maximum atomic E-state index is 12.2. The molecule has 1 aliphatic rings. The van der Waals surface area contributed by atoms with Crippen molar-refractivity contribution >= 4 is 5.91 Å². The van der Waals surface area contributed by atoms with Gasteiger partial charge in [0.25, 0.3) is 0 Å². The van der Waals surface area contributed by atoms with Gasteiger partial charge in [-0.3, -0.25) is 9.69 Å². The third-order valence-corrected chi connectivity index (χ3v) is 3.76. The van der Waals surface area contributed by atoms with Crippen LogP contribution < -0.4 is 0 Å². The molecule has 4 nitrogen and oxygen atoms in total. The quantitative estimate of drug-likeness (QED) is 0.813. The third kappa shape index (κ3) is 4.62. The van der Waals surface area contributed by atoms with Crippen molar-refractivity contribution in [2.24, 2.45) is 0 Å². The maximum absolute atomic E-state index is 12.2. The minimum Gasteiger partial charge on any atom is -0.379 e. The molecule has 0 aliphatic carbocycles. The summed E-state index contributed by atoms with van der Waals surface area (Å²) in [5.74, 6) is 0.183. The predicted molar refractivity (Wildman–Crippen MR) is 79.8 cm³/mol. The van der Waals surface area contributed by atoms with Crippen molar-refractivity contribution in [3.8, 4) is 0 Å². The Balaban J connectivity index is 1.75. The second-order valence-electron chi connectivity index (χ2n) is 5.43. The van der Waals surface area contributed by atoms with Gasteiger partial charge in [-0.05, 0) is 12.5 Å². The Kier molecular flexibility index (Phi) is 5.56. The van der Waals surface area contributed by atoms with Crippen LogP contribution in [0.4, 0.5) is 0 Å². The van der Waals surface area contributed by atoms with E-state index in [0.717, 1.165) is 45.0 Å². The summed E-state index contributed by atoms with van der Waals surface area (Å²) in [6.07, 6.45) is 0.486. The van der Waals surface area contributed by atoms with Gasteiger partial charge < -0.3 is 9.64 Å². The average molecular weight is 276 g/mol. The second kappa shape index (κ2) is 7.41. The van der Waals surface area contributed by atoms with Crippen LogP contribution >= 0.6 is 0 Å². The number of likely N-dealkylation sites (N-methyl/N-ethyl adjacent to an activating group) is 1. The van der Waals surface area contributed by atoms with Crippen molar-refractivity contribution in [1.29, 1.82) is 0 Å². The van der Waals surface area contributed by atoms with Crippen molar-refractivity contribution in [3.63, 3.8) is 0 Å². The Labute approximate surface area is 121 Å². The van der Waals surface area contributed by atoms with Gasteiger partial charge in [0.05, 0.1) is 19.6 Å². The molecular weight excluding hydrogens is 252 g/mol. The predicted octanol–water partition coefficient (Wildman–Crippen LogP) is 1.33. The lowest BCUT2D eigenvalue weighted by Gasteiger charge is -2.28. The number of morpholine rings is 1. The molecule has 0 saturated carbocycles. The van der Waals surface area contributed by atoms with Crippen LogP contribution in [0.2, 0.25) is 0 Å². The van der Waals surface area contributed by atoms with E-state index in [4.69, 9.17) is 4.74 Å². The number of hydrogen-bond acceptors (Lipinski definition) is 3. The van der Waals surface area contributed by atoms with Crippen LogP contribution in [-0.4, -0.2) is 62.1 Å². The van der Waals surface area contributed by atoms with Gasteiger partial charge in [0.15, 0.2) is 0 Å². The van der Waals surface area contributed by atoms with Gasteiger partial charge in [0.2, 0.25) is 5.91 Å². The summed E-state index contributed by atoms with van der Waals surface area (Å²) in [6, 6.07) is 8.17. The van der Waals surface area contributed by atoms with Gasteiger partial charge in [-0.25, -0.2) is 0 Å². The summed E-state index contributed by atoms with van der Waals surface area (Å²) in [7, 11) is 1.89. The van der Waals surface area contributed by atoms with E-state index in [1.807, 2.05) is 24.1 Å². The van der Waals surface area contributed by atoms with Crippen molar-refractivity contribution in [2.45, 2.75) is 13.3 Å². The molecule has 1 saturated heterocycles. The largest absolute Gasteiger partial charge is 0.379 e. The molecule has 1 amide bonds. The zero-order valence-corrected chi connectivity index (χ0v) is 12.5. The summed E-state index contributed by atoms with van der Waals surface area (Å²) in [6.45, 7) is 7.33. The summed E-state index contributed by atoms with van der Waals surface area (Å²) >= 11 is 0. The Morgan fingerprint density at radius 2 is 1.90 bits per heavy atom. The Hall–Kier alpha value is -1.39. The van der Waals surface area contributed by atoms with Gasteiger partial charge in [-0.15, -0.1) is 0 Å². The summed E-state index contributed by atoms with van der Waals surface area (Å²) < 4.78 is 5.32. The molecule has 0 N–H and O–H groups in total. The topological polar surface area (TPSA) is 32.8 Å². The maximum Gasteiger partial charge on any atom is 0.226 e. The van der Waals surface area contributed by atoms with Crippen molar-refractivity contribution in [3.05, 3.63) is 35.4 Å². The van der Waals surface area contributed by atoms with Gasteiger partial charge in [-0.1, -0.05) is 29.8 Å². The van der Waals surface area contributed by atoms with Gasteiger partial charge in [-0.2, -0.15) is 0 Å². The first kappa shape index (κ1) is 15.0. The minimum absolute atomic E-state index is 0.183. The number of carbonyl (C=O) groups excluding carboxylic acids is 1. The number of carbonyl (C=O) groups is 1. The summed E-state index contributed by atoms with van der Waals surface area (Å²) in [5.41, 5.74) is 2.31. The van der Waals surface area contributed by atoms with Crippen LogP contribution in [0.1, 0.15) is 11.1 Å². The highest BCUT2D eigenvalue weighted by Crippen LogP contribution is 2.05. The van der Waals surface area contributed by atoms with Crippen LogP contribution in [-0.2, 0) is 16.0 Å². The fraction of sp³-hybridized carbons (Fsp3) is 0.562. The fourth-order valence-electron chi connectivity index (χ4n) is 2.26. The molecule has 0 radical (unpaired) electrons. The monoisotopic (exact) mass is 276 g/mol. The molecule has 1 fully saturated rings. The van der Waals surface area contributed by atoms with Crippen molar-refractivity contribution in [1.82, 2.24) is 9.80 Å². The molecule has 20 heavy (non-hydrogen) atoms. The van der Waals surface area contributed by atoms with E-state index < -0.39 is 0 Å². The second-order valence-corrected chi connectivity index (χ2v) is 5.43. The van der Waals surface area contributed by atoms with Gasteiger partial charge in [0.1, 0.15) is 0 Å². The molecule has 1 heterocycles. The molecule has 0 atom stereocenters. The highest BCUT2D eigenvalue weighted by Gasteiger charge is 2.13. The van der Waals surface area contributed by atoms with Crippen LogP contribution in [0.3, 0.4) is 0 Å². The van der Waals surface area contributed by atoms with Crippen LogP contribution in [0.25, 0.3) is 0 Å². The highest BCUT2D eigenvalue weighted by molar-refractivity contribution is 5.78. The van der Waals surface area contributed by atoms with E-state index in [-0.39, 0.29) is 5.91 Å². The molecule has 1 aromatic carbocycles. The van der Waals surface area contributed by atoms with E-state index in [9.17, 15) is 4.79 Å². The Bertz CT molecular complexity index is 425. The van der Waals surface area contributed by atoms with E-state index >= 15 is 0 Å². The molecule has 110 valence electrons. The van der Waals surface area contributed by atoms with E-state index in [2.05, 4.69) is 24.0 Å². The molecule has 0 aromatic heterocycles. The first-order valence-electron chi connectivity index (χ1n) is 7.25. The van der Waals surface area contributed by atoms with E-state index in [1.165, 1.54) is 5.56 Å². The number of benzene rings is 1. The lowest BCUT2D eigenvalue weighted by Crippen LogP contribution is -2.42. The zero-order chi connectivity index (χ0) is 14.4. The molecule has 0 bridgehead atoms. The molecule has 1 aromatic rings. The number of amides is 1. The molecule has 1 aliphatic heterocycles. The highest BCUT2D eigenvalue weighted by atomic mass is 16.5. The number of nitrogens with zero attached hydrogens (tertiary/aromatic N) is 2. The van der Waals surface area contributed by atoms with Crippen LogP contribution in [0.5, 0.6) is 0 Å². The smallest absolute Gasteiger partial charge is 0.226 e. The van der Waals surface area contributed by atoms with Gasteiger partial charge in [0, 0.05) is 33.2 Å². The molecular formula is C16H24N2O2. The molecule has 0 spiro atoms. The average Bonchev–Trinajstić information content (AvgIpc) is 2.48. The third-order valence-electron chi connectivity index (χ3n) is 3.76.